The van der Waals surface area contributed by atoms with Gasteiger partial charge in [-0.15, -0.1) is 0 Å². The maximum Gasteiger partial charge on any atom is 0.387 e. The third-order valence-electron chi connectivity index (χ3n) is 3.88. The van der Waals surface area contributed by atoms with E-state index < -0.39 is 28.3 Å². The highest BCUT2D eigenvalue weighted by Crippen LogP contribution is 2.30. The molecule has 0 saturated carbocycles. The Balaban J connectivity index is 2.20. The van der Waals surface area contributed by atoms with Crippen molar-refractivity contribution in [1.29, 1.82) is 0 Å². The number of para-hydroxylation sites is 1. The molecule has 140 valence electrons. The van der Waals surface area contributed by atoms with Gasteiger partial charge in [0.15, 0.2) is 0 Å². The molecule has 1 aromatic rings. The van der Waals surface area contributed by atoms with Crippen molar-refractivity contribution in [2.45, 2.75) is 24.3 Å². The fourth-order valence-electron chi connectivity index (χ4n) is 2.71. The van der Waals surface area contributed by atoms with Crippen LogP contribution in [0.5, 0.6) is 5.75 Å². The Morgan fingerprint density at radius 1 is 1.40 bits per heavy atom. The molecule has 1 amide bonds. The third kappa shape index (κ3) is 4.86. The minimum Gasteiger partial charge on any atom is -0.433 e. The Labute approximate surface area is 145 Å². The summed E-state index contributed by atoms with van der Waals surface area (Å²) in [5.41, 5.74) is 5.34. The van der Waals surface area contributed by atoms with Crippen molar-refractivity contribution in [3.05, 3.63) is 24.3 Å². The molecule has 0 radical (unpaired) electrons. The van der Waals surface area contributed by atoms with E-state index in [9.17, 15) is 22.0 Å². The van der Waals surface area contributed by atoms with Gasteiger partial charge in [0.25, 0.3) is 0 Å². The summed E-state index contributed by atoms with van der Waals surface area (Å²) in [6.45, 7) is -2.33. The lowest BCUT2D eigenvalue weighted by Crippen LogP contribution is -2.46. The molecule has 0 bridgehead atoms. The van der Waals surface area contributed by atoms with Crippen LogP contribution in [0.2, 0.25) is 0 Å². The number of nitrogens with one attached hydrogen (secondary N) is 1. The molecule has 1 heterocycles. The van der Waals surface area contributed by atoms with Gasteiger partial charge >= 0.3 is 6.61 Å². The minimum atomic E-state index is -4.05. The zero-order valence-corrected chi connectivity index (χ0v) is 14.3. The first-order chi connectivity index (χ1) is 11.9. The van der Waals surface area contributed by atoms with E-state index in [1.807, 2.05) is 0 Å². The lowest BCUT2D eigenvalue weighted by atomic mass is 9.99. The second-order valence-corrected chi connectivity index (χ2v) is 7.51. The molecule has 7 nitrogen and oxygen atoms in total. The summed E-state index contributed by atoms with van der Waals surface area (Å²) in [4.78, 5) is 11.7. The minimum absolute atomic E-state index is 0.0122. The number of hydrogen-bond acceptors (Lipinski definition) is 5. The molecule has 2 rings (SSSR count). The molecule has 0 spiro atoms. The number of piperidine rings is 1. The summed E-state index contributed by atoms with van der Waals surface area (Å²) < 4.78 is 56.1. The Bertz CT molecular complexity index is 700. The van der Waals surface area contributed by atoms with Crippen LogP contribution in [0.4, 0.5) is 8.78 Å². The van der Waals surface area contributed by atoms with Crippen LogP contribution in [0.25, 0.3) is 0 Å². The van der Waals surface area contributed by atoms with Crippen LogP contribution in [0, 0.1) is 5.92 Å². The van der Waals surface area contributed by atoms with Crippen molar-refractivity contribution >= 4 is 15.9 Å². The molecule has 1 atom stereocenters. The fourth-order valence-corrected chi connectivity index (χ4v) is 4.35. The number of sulfonamides is 1. The van der Waals surface area contributed by atoms with Crippen LogP contribution in [0.3, 0.4) is 0 Å². The first-order valence-electron chi connectivity index (χ1n) is 7.88. The Kier molecular flexibility index (Phi) is 6.68. The van der Waals surface area contributed by atoms with Gasteiger partial charge in [-0.3, -0.25) is 4.79 Å². The van der Waals surface area contributed by atoms with E-state index in [1.54, 1.807) is 0 Å². The number of nitrogens with zero attached hydrogens (tertiary/aromatic N) is 1. The maximum absolute atomic E-state index is 12.8. The first kappa shape index (κ1) is 19.5. The normalized spacial score (nSPS) is 19.0. The topological polar surface area (TPSA) is 102 Å². The van der Waals surface area contributed by atoms with E-state index in [4.69, 9.17) is 5.73 Å². The number of rotatable bonds is 7. The first-order valence-corrected chi connectivity index (χ1v) is 9.32. The average Bonchev–Trinajstić information content (AvgIpc) is 2.59. The van der Waals surface area contributed by atoms with Crippen LogP contribution < -0.4 is 15.8 Å². The summed E-state index contributed by atoms with van der Waals surface area (Å²) in [6, 6.07) is 5.23. The molecule has 10 heteroatoms. The number of alkyl halides is 2. The van der Waals surface area contributed by atoms with Gasteiger partial charge in [-0.25, -0.2) is 8.42 Å². The molecule has 1 unspecified atom stereocenters. The molecule has 1 fully saturated rings. The number of carbonyl (C=O) groups excluding carboxylic acids is 1. The standard InChI is InChI=1S/C15H21F2N3O4S/c16-15(17)24-12-5-1-2-6-13(12)25(22,23)20-9-3-4-11(10-20)14(21)19-8-7-18/h1-2,5-6,11,15H,3-4,7-10,18H2,(H,19,21). The second kappa shape index (κ2) is 8.54. The van der Waals surface area contributed by atoms with Crippen LogP contribution in [-0.2, 0) is 14.8 Å². The lowest BCUT2D eigenvalue weighted by Gasteiger charge is -2.31. The number of carbonyl (C=O) groups is 1. The van der Waals surface area contributed by atoms with E-state index in [1.165, 1.54) is 24.3 Å². The number of nitrogens with two attached hydrogens (primary N) is 1. The van der Waals surface area contributed by atoms with Gasteiger partial charge in [-0.05, 0) is 25.0 Å². The van der Waals surface area contributed by atoms with Crippen molar-refractivity contribution in [3.8, 4) is 5.75 Å². The van der Waals surface area contributed by atoms with E-state index in [0.717, 1.165) is 4.31 Å². The second-order valence-electron chi connectivity index (χ2n) is 5.61. The van der Waals surface area contributed by atoms with Gasteiger partial charge in [-0.2, -0.15) is 13.1 Å². The molecule has 3 N–H and O–H groups in total. The number of hydrogen-bond donors (Lipinski definition) is 2. The highest BCUT2D eigenvalue weighted by atomic mass is 32.2. The molecule has 0 aliphatic carbocycles. The largest absolute Gasteiger partial charge is 0.433 e. The monoisotopic (exact) mass is 377 g/mol. The summed E-state index contributed by atoms with van der Waals surface area (Å²) in [5.74, 6) is -1.17. The molecule has 1 aliphatic rings. The molecular formula is C15H21F2N3O4S. The van der Waals surface area contributed by atoms with Crippen LogP contribution in [0.15, 0.2) is 29.2 Å². The van der Waals surface area contributed by atoms with E-state index >= 15 is 0 Å². The van der Waals surface area contributed by atoms with Gasteiger partial charge in [0.05, 0.1) is 5.92 Å². The highest BCUT2D eigenvalue weighted by Gasteiger charge is 2.35. The summed E-state index contributed by atoms with van der Waals surface area (Å²) in [6.07, 6.45) is 1.05. The third-order valence-corrected chi connectivity index (χ3v) is 5.79. The number of amides is 1. The fraction of sp³-hybridized carbons (Fsp3) is 0.533. The van der Waals surface area contributed by atoms with Gasteiger partial charge < -0.3 is 15.8 Å². The predicted molar refractivity (Wildman–Crippen MR) is 86.6 cm³/mol. The van der Waals surface area contributed by atoms with Crippen LogP contribution in [-0.4, -0.2) is 51.4 Å². The zero-order valence-electron chi connectivity index (χ0n) is 13.5. The van der Waals surface area contributed by atoms with Crippen molar-refractivity contribution < 1.29 is 26.7 Å². The Hall–Kier alpha value is -1.78. The van der Waals surface area contributed by atoms with Crippen molar-refractivity contribution in [2.75, 3.05) is 26.2 Å². The number of halogens is 2. The summed E-state index contributed by atoms with van der Waals surface area (Å²) in [5, 5.41) is 2.64. The average molecular weight is 377 g/mol. The quantitative estimate of drug-likeness (QED) is 0.731. The molecule has 1 saturated heterocycles. The lowest BCUT2D eigenvalue weighted by molar-refractivity contribution is -0.126. The van der Waals surface area contributed by atoms with Gasteiger partial charge in [0, 0.05) is 26.2 Å². The molecule has 1 aliphatic heterocycles. The van der Waals surface area contributed by atoms with Gasteiger partial charge in [0.1, 0.15) is 10.6 Å². The highest BCUT2D eigenvalue weighted by molar-refractivity contribution is 7.89. The maximum atomic E-state index is 12.8. The van der Waals surface area contributed by atoms with Gasteiger partial charge in [-0.1, -0.05) is 12.1 Å². The van der Waals surface area contributed by atoms with E-state index in [2.05, 4.69) is 10.1 Å². The number of benzene rings is 1. The number of ether oxygens (including phenoxy) is 1. The van der Waals surface area contributed by atoms with Crippen molar-refractivity contribution in [1.82, 2.24) is 9.62 Å². The molecule has 1 aromatic carbocycles. The van der Waals surface area contributed by atoms with Crippen LogP contribution in [0.1, 0.15) is 12.8 Å². The van der Waals surface area contributed by atoms with Gasteiger partial charge in [0.2, 0.25) is 15.9 Å². The Morgan fingerprint density at radius 2 is 2.12 bits per heavy atom. The predicted octanol–water partition coefficient (Wildman–Crippen LogP) is 0.764. The molecule has 0 aromatic heterocycles. The molecule has 25 heavy (non-hydrogen) atoms. The summed E-state index contributed by atoms with van der Waals surface area (Å²) >= 11 is 0. The summed E-state index contributed by atoms with van der Waals surface area (Å²) in [7, 11) is -4.05. The van der Waals surface area contributed by atoms with E-state index in [0.29, 0.717) is 25.9 Å². The van der Waals surface area contributed by atoms with Crippen LogP contribution >= 0.6 is 0 Å². The van der Waals surface area contributed by atoms with Crippen molar-refractivity contribution in [3.63, 3.8) is 0 Å². The zero-order chi connectivity index (χ0) is 18.4. The molecular weight excluding hydrogens is 356 g/mol. The SMILES string of the molecule is NCCNC(=O)C1CCCN(S(=O)(=O)c2ccccc2OC(F)F)C1. The van der Waals surface area contributed by atoms with E-state index in [-0.39, 0.29) is 23.9 Å². The Morgan fingerprint density at radius 3 is 2.80 bits per heavy atom. The smallest absolute Gasteiger partial charge is 0.387 e. The van der Waals surface area contributed by atoms with Crippen molar-refractivity contribution in [2.24, 2.45) is 11.7 Å².